The van der Waals surface area contributed by atoms with E-state index in [-0.39, 0.29) is 0 Å². The number of fused-ring (bicyclic) bond motifs is 1. The van der Waals surface area contributed by atoms with Crippen molar-refractivity contribution < 1.29 is 0 Å². The lowest BCUT2D eigenvalue weighted by Gasteiger charge is -2.12. The number of hydrogen-bond acceptors (Lipinski definition) is 2. The molecule has 0 saturated heterocycles. The van der Waals surface area contributed by atoms with Crippen LogP contribution in [0.2, 0.25) is 0 Å². The lowest BCUT2D eigenvalue weighted by Crippen LogP contribution is -2.01. The quantitative estimate of drug-likeness (QED) is 0.606. The maximum Gasteiger partial charge on any atom is 0.102 e. The molecule has 0 radical (unpaired) electrons. The van der Waals surface area contributed by atoms with E-state index in [0.29, 0.717) is 11.3 Å². The van der Waals surface area contributed by atoms with Crippen LogP contribution in [0.15, 0.2) is 18.2 Å². The van der Waals surface area contributed by atoms with E-state index >= 15 is 0 Å². The van der Waals surface area contributed by atoms with Crippen LogP contribution in [-0.2, 0) is 6.42 Å². The van der Waals surface area contributed by atoms with Crippen molar-refractivity contribution >= 4 is 11.8 Å². The molecule has 0 aliphatic heterocycles. The first-order valence-corrected chi connectivity index (χ1v) is 4.31. The van der Waals surface area contributed by atoms with Crippen molar-refractivity contribution in [3.63, 3.8) is 0 Å². The van der Waals surface area contributed by atoms with Crippen LogP contribution in [-0.4, -0.2) is 0 Å². The maximum atomic E-state index is 8.92. The van der Waals surface area contributed by atoms with Crippen LogP contribution in [0.3, 0.4) is 0 Å². The maximum absolute atomic E-state index is 8.92. The molecule has 2 nitrogen and oxygen atoms in total. The molecule has 2 N–H and O–H groups in total. The fraction of sp³-hybridized carbons (Fsp3) is 0.182. The predicted octanol–water partition coefficient (Wildman–Crippen LogP) is 2.10. The van der Waals surface area contributed by atoms with Crippen molar-refractivity contribution in [1.29, 1.82) is 5.26 Å². The molecule has 1 aliphatic rings. The zero-order valence-corrected chi connectivity index (χ0v) is 7.25. The highest BCUT2D eigenvalue weighted by molar-refractivity contribution is 5.68. The largest absolute Gasteiger partial charge is 0.398 e. The van der Waals surface area contributed by atoms with Gasteiger partial charge in [-0.25, -0.2) is 0 Å². The molecule has 0 unspecified atom stereocenters. The lowest BCUT2D eigenvalue weighted by atomic mass is 9.92. The van der Waals surface area contributed by atoms with Gasteiger partial charge in [0.25, 0.3) is 0 Å². The molecule has 0 bridgehead atoms. The monoisotopic (exact) mass is 170 g/mol. The highest BCUT2D eigenvalue weighted by Crippen LogP contribution is 2.26. The molecule has 2 heteroatoms. The van der Waals surface area contributed by atoms with Gasteiger partial charge in [-0.1, -0.05) is 18.2 Å². The summed E-state index contributed by atoms with van der Waals surface area (Å²) in [5.41, 5.74) is 9.20. The van der Waals surface area contributed by atoms with E-state index in [1.54, 1.807) is 6.07 Å². The standard InChI is InChI=1S/C11H10N2/c12-7-10-9-4-2-1-3-8(9)5-6-11(10)13/h1,3,5-6H,2,4,13H2. The van der Waals surface area contributed by atoms with E-state index < -0.39 is 0 Å². The summed E-state index contributed by atoms with van der Waals surface area (Å²) in [6.07, 6.45) is 6.11. The fourth-order valence-corrected chi connectivity index (χ4v) is 1.68. The van der Waals surface area contributed by atoms with Crippen LogP contribution in [0, 0.1) is 11.3 Å². The average molecular weight is 170 g/mol. The Morgan fingerprint density at radius 3 is 3.00 bits per heavy atom. The summed E-state index contributed by atoms with van der Waals surface area (Å²) in [6, 6.07) is 5.94. The molecular formula is C11H10N2. The normalized spacial score (nSPS) is 13.5. The Morgan fingerprint density at radius 2 is 2.23 bits per heavy atom. The van der Waals surface area contributed by atoms with Gasteiger partial charge in [0, 0.05) is 5.69 Å². The number of hydrogen-bond donors (Lipinski definition) is 1. The molecule has 64 valence electrons. The Morgan fingerprint density at radius 1 is 1.38 bits per heavy atom. The van der Waals surface area contributed by atoms with E-state index in [2.05, 4.69) is 18.2 Å². The average Bonchev–Trinajstić information content (AvgIpc) is 2.18. The summed E-state index contributed by atoms with van der Waals surface area (Å²) in [5, 5.41) is 8.92. The number of benzene rings is 1. The topological polar surface area (TPSA) is 49.8 Å². The molecule has 13 heavy (non-hydrogen) atoms. The highest BCUT2D eigenvalue weighted by Gasteiger charge is 2.11. The number of anilines is 1. The van der Waals surface area contributed by atoms with Crippen molar-refractivity contribution in [3.05, 3.63) is 34.9 Å². The molecule has 0 aromatic heterocycles. The molecule has 1 aliphatic carbocycles. The molecule has 0 spiro atoms. The van der Waals surface area contributed by atoms with Gasteiger partial charge in [-0.05, 0) is 30.0 Å². The summed E-state index contributed by atoms with van der Waals surface area (Å²) in [4.78, 5) is 0. The van der Waals surface area contributed by atoms with E-state index in [1.165, 1.54) is 0 Å². The smallest absolute Gasteiger partial charge is 0.102 e. The highest BCUT2D eigenvalue weighted by atomic mass is 14.6. The van der Waals surface area contributed by atoms with Crippen molar-refractivity contribution in [3.8, 4) is 6.07 Å². The van der Waals surface area contributed by atoms with Gasteiger partial charge >= 0.3 is 0 Å². The van der Waals surface area contributed by atoms with Gasteiger partial charge in [-0.15, -0.1) is 0 Å². The third kappa shape index (κ3) is 1.19. The first-order valence-electron chi connectivity index (χ1n) is 4.31. The minimum atomic E-state index is 0.594. The van der Waals surface area contributed by atoms with Crippen LogP contribution in [0.1, 0.15) is 23.1 Å². The van der Waals surface area contributed by atoms with Crippen LogP contribution in [0.4, 0.5) is 5.69 Å². The van der Waals surface area contributed by atoms with Gasteiger partial charge in [0.2, 0.25) is 0 Å². The second-order valence-corrected chi connectivity index (χ2v) is 3.15. The Bertz CT molecular complexity index is 411. The number of nitrogens with two attached hydrogens (primary N) is 1. The van der Waals surface area contributed by atoms with Crippen molar-refractivity contribution in [1.82, 2.24) is 0 Å². The Labute approximate surface area is 77.3 Å². The Balaban J connectivity index is 2.69. The first-order chi connectivity index (χ1) is 6.33. The van der Waals surface area contributed by atoms with Crippen molar-refractivity contribution in [2.45, 2.75) is 12.8 Å². The van der Waals surface area contributed by atoms with Gasteiger partial charge in [-0.3, -0.25) is 0 Å². The predicted molar refractivity (Wildman–Crippen MR) is 52.9 cm³/mol. The summed E-state index contributed by atoms with van der Waals surface area (Å²) in [6.45, 7) is 0. The molecular weight excluding hydrogens is 160 g/mol. The fourth-order valence-electron chi connectivity index (χ4n) is 1.68. The summed E-state index contributed by atoms with van der Waals surface area (Å²) >= 11 is 0. The van der Waals surface area contributed by atoms with Gasteiger partial charge in [0.1, 0.15) is 6.07 Å². The third-order valence-corrected chi connectivity index (χ3v) is 2.35. The minimum Gasteiger partial charge on any atom is -0.398 e. The van der Waals surface area contributed by atoms with Gasteiger partial charge in [-0.2, -0.15) is 5.26 Å². The molecule has 0 fully saturated rings. The number of allylic oxidation sites excluding steroid dienone is 1. The Kier molecular flexibility index (Phi) is 1.79. The van der Waals surface area contributed by atoms with Gasteiger partial charge in [0.15, 0.2) is 0 Å². The van der Waals surface area contributed by atoms with Gasteiger partial charge in [0.05, 0.1) is 5.56 Å². The third-order valence-electron chi connectivity index (χ3n) is 2.35. The Hall–Kier alpha value is -1.75. The SMILES string of the molecule is N#Cc1c(N)ccc2c1CCC=C2. The zero-order chi connectivity index (χ0) is 9.26. The van der Waals surface area contributed by atoms with E-state index in [4.69, 9.17) is 11.0 Å². The minimum absolute atomic E-state index is 0.594. The molecule has 0 saturated carbocycles. The summed E-state index contributed by atoms with van der Waals surface area (Å²) in [7, 11) is 0. The first kappa shape index (κ1) is 7.88. The molecule has 2 rings (SSSR count). The zero-order valence-electron chi connectivity index (χ0n) is 7.25. The van der Waals surface area contributed by atoms with E-state index in [1.807, 2.05) is 6.07 Å². The summed E-state index contributed by atoms with van der Waals surface area (Å²) in [5.74, 6) is 0. The van der Waals surface area contributed by atoms with Crippen LogP contribution in [0.25, 0.3) is 6.08 Å². The lowest BCUT2D eigenvalue weighted by molar-refractivity contribution is 0.981. The molecule has 0 amide bonds. The van der Waals surface area contributed by atoms with E-state index in [9.17, 15) is 0 Å². The number of nitrogens with zero attached hydrogens (tertiary/aromatic N) is 1. The van der Waals surface area contributed by atoms with Crippen molar-refractivity contribution in [2.24, 2.45) is 0 Å². The second-order valence-electron chi connectivity index (χ2n) is 3.15. The molecule has 0 heterocycles. The molecule has 0 atom stereocenters. The van der Waals surface area contributed by atoms with E-state index in [0.717, 1.165) is 24.0 Å². The van der Waals surface area contributed by atoms with Gasteiger partial charge < -0.3 is 5.73 Å². The second kappa shape index (κ2) is 2.95. The number of nitrogen functional groups attached to an aromatic ring is 1. The number of rotatable bonds is 0. The van der Waals surface area contributed by atoms with Crippen molar-refractivity contribution in [2.75, 3.05) is 5.73 Å². The number of nitriles is 1. The molecule has 1 aromatic rings. The van der Waals surface area contributed by atoms with Crippen LogP contribution < -0.4 is 5.73 Å². The van der Waals surface area contributed by atoms with Crippen LogP contribution in [0.5, 0.6) is 0 Å². The molecule has 1 aromatic carbocycles. The van der Waals surface area contributed by atoms with Crippen LogP contribution >= 0.6 is 0 Å². The summed E-state index contributed by atoms with van der Waals surface area (Å²) < 4.78 is 0.